The summed E-state index contributed by atoms with van der Waals surface area (Å²) >= 11 is 1.55. The maximum absolute atomic E-state index is 12.7. The molecule has 0 aromatic carbocycles. The van der Waals surface area contributed by atoms with Crippen molar-refractivity contribution in [2.24, 2.45) is 28.9 Å². The first-order valence-corrected chi connectivity index (χ1v) is 9.85. The second-order valence-electron chi connectivity index (χ2n) is 8.24. The van der Waals surface area contributed by atoms with E-state index in [9.17, 15) is 4.79 Å². The minimum absolute atomic E-state index is 0. The first kappa shape index (κ1) is 18.2. The Bertz CT molecular complexity index is 568. The normalized spacial score (nSPS) is 33.3. The number of hydrogen-bond donors (Lipinski definition) is 1. The fraction of sp³-hybridized carbons (Fsp3) is 0.778. The molecule has 4 saturated carbocycles. The summed E-state index contributed by atoms with van der Waals surface area (Å²) in [5.41, 5.74) is 6.57. The third kappa shape index (κ3) is 3.35. The van der Waals surface area contributed by atoms with Gasteiger partial charge in [0.1, 0.15) is 5.69 Å². The zero-order valence-electron chi connectivity index (χ0n) is 14.4. The number of thiazole rings is 1. The molecule has 0 saturated heterocycles. The Morgan fingerprint density at radius 2 is 1.88 bits per heavy atom. The molecule has 0 radical (unpaired) electrons. The summed E-state index contributed by atoms with van der Waals surface area (Å²) in [7, 11) is 1.96. The predicted octanol–water partition coefficient (Wildman–Crippen LogP) is 3.35. The number of carbonyl (C=O) groups is 1. The average molecular weight is 370 g/mol. The first-order chi connectivity index (χ1) is 11.1. The van der Waals surface area contributed by atoms with Crippen molar-refractivity contribution in [2.75, 3.05) is 20.1 Å². The molecule has 1 aromatic rings. The Morgan fingerprint density at radius 1 is 1.29 bits per heavy atom. The summed E-state index contributed by atoms with van der Waals surface area (Å²) in [6.45, 7) is 1.50. The summed E-state index contributed by atoms with van der Waals surface area (Å²) < 4.78 is 0. The number of aromatic nitrogens is 1. The average Bonchev–Trinajstić information content (AvgIpc) is 2.93. The van der Waals surface area contributed by atoms with E-state index in [4.69, 9.17) is 5.73 Å². The molecule has 4 bridgehead atoms. The second kappa shape index (κ2) is 6.93. The summed E-state index contributed by atoms with van der Waals surface area (Å²) in [5, 5.41) is 2.86. The third-order valence-corrected chi connectivity index (χ3v) is 7.12. The van der Waals surface area contributed by atoms with Gasteiger partial charge >= 0.3 is 0 Å². The van der Waals surface area contributed by atoms with E-state index in [2.05, 4.69) is 4.98 Å². The molecule has 0 spiro atoms. The molecule has 134 valence electrons. The molecule has 5 rings (SSSR count). The van der Waals surface area contributed by atoms with Gasteiger partial charge in [0.05, 0.1) is 5.01 Å². The molecule has 1 aromatic heterocycles. The van der Waals surface area contributed by atoms with E-state index in [0.717, 1.165) is 35.7 Å². The highest BCUT2D eigenvalue weighted by Gasteiger charge is 2.51. The Labute approximate surface area is 154 Å². The predicted molar refractivity (Wildman–Crippen MR) is 99.7 cm³/mol. The minimum atomic E-state index is 0. The van der Waals surface area contributed by atoms with E-state index < -0.39 is 0 Å². The third-order valence-electron chi connectivity index (χ3n) is 6.21. The molecule has 0 aliphatic heterocycles. The van der Waals surface area contributed by atoms with Gasteiger partial charge in [0, 0.05) is 25.4 Å². The smallest absolute Gasteiger partial charge is 0.273 e. The Kier molecular flexibility index (Phi) is 5.24. The van der Waals surface area contributed by atoms with E-state index in [1.54, 1.807) is 11.3 Å². The Morgan fingerprint density at radius 3 is 2.42 bits per heavy atom. The fourth-order valence-electron chi connectivity index (χ4n) is 5.90. The molecule has 4 aliphatic carbocycles. The maximum Gasteiger partial charge on any atom is 0.273 e. The molecule has 2 N–H and O–H groups in total. The zero-order valence-corrected chi connectivity index (χ0v) is 16.0. The topological polar surface area (TPSA) is 59.2 Å². The summed E-state index contributed by atoms with van der Waals surface area (Å²) in [4.78, 5) is 19.1. The number of halogens is 1. The lowest BCUT2D eigenvalue weighted by Gasteiger charge is -2.57. The first-order valence-electron chi connectivity index (χ1n) is 8.97. The van der Waals surface area contributed by atoms with E-state index >= 15 is 0 Å². The van der Waals surface area contributed by atoms with Gasteiger partial charge in [-0.2, -0.15) is 0 Å². The van der Waals surface area contributed by atoms with Gasteiger partial charge in [-0.15, -0.1) is 23.7 Å². The van der Waals surface area contributed by atoms with Gasteiger partial charge in [0.15, 0.2) is 0 Å². The van der Waals surface area contributed by atoms with Crippen molar-refractivity contribution in [2.45, 2.75) is 44.9 Å². The van der Waals surface area contributed by atoms with Gasteiger partial charge < -0.3 is 10.6 Å². The molecular formula is C18H28ClN3OS. The van der Waals surface area contributed by atoms with Crippen molar-refractivity contribution in [1.29, 1.82) is 0 Å². The van der Waals surface area contributed by atoms with Gasteiger partial charge in [-0.3, -0.25) is 4.79 Å². The van der Waals surface area contributed by atoms with Crippen molar-refractivity contribution in [1.82, 2.24) is 9.88 Å². The quantitative estimate of drug-likeness (QED) is 0.865. The minimum Gasteiger partial charge on any atom is -0.340 e. The van der Waals surface area contributed by atoms with Crippen molar-refractivity contribution in [3.63, 3.8) is 0 Å². The van der Waals surface area contributed by atoms with Gasteiger partial charge in [-0.1, -0.05) is 0 Å². The Hall–Kier alpha value is -0.650. The van der Waals surface area contributed by atoms with E-state index in [1.807, 2.05) is 17.3 Å². The largest absolute Gasteiger partial charge is 0.340 e. The highest BCUT2D eigenvalue weighted by molar-refractivity contribution is 7.09. The van der Waals surface area contributed by atoms with Crippen LogP contribution in [0.4, 0.5) is 0 Å². The fourth-order valence-corrected chi connectivity index (χ4v) is 6.69. The van der Waals surface area contributed by atoms with E-state index in [0.29, 0.717) is 17.7 Å². The standard InChI is InChI=1S/C18H27N3OS.ClH/c1-21(17(22)15-10-23-16(20-15)2-3-19)11-18-7-12-4-13(8-18)6-14(5-12)9-18;/h10,12-14H,2-9,11,19H2,1H3;1H. The zero-order chi connectivity index (χ0) is 16.0. The number of nitrogens with zero attached hydrogens (tertiary/aromatic N) is 2. The van der Waals surface area contributed by atoms with Crippen molar-refractivity contribution in [3.8, 4) is 0 Å². The highest BCUT2D eigenvalue weighted by atomic mass is 35.5. The van der Waals surface area contributed by atoms with Gasteiger partial charge in [-0.05, 0) is 68.2 Å². The van der Waals surface area contributed by atoms with Crippen LogP contribution in [0.2, 0.25) is 0 Å². The van der Waals surface area contributed by atoms with Crippen LogP contribution in [0.15, 0.2) is 5.38 Å². The SMILES string of the molecule is CN(CC12CC3CC(CC(C3)C1)C2)C(=O)c1csc(CCN)n1.Cl. The number of amides is 1. The summed E-state index contributed by atoms with van der Waals surface area (Å²) in [6, 6.07) is 0. The summed E-state index contributed by atoms with van der Waals surface area (Å²) in [6.07, 6.45) is 9.13. The number of hydrogen-bond acceptors (Lipinski definition) is 4. The molecular weight excluding hydrogens is 342 g/mol. The van der Waals surface area contributed by atoms with Crippen LogP contribution in [0.25, 0.3) is 0 Å². The highest BCUT2D eigenvalue weighted by Crippen LogP contribution is 2.60. The lowest BCUT2D eigenvalue weighted by atomic mass is 9.49. The van der Waals surface area contributed by atoms with Crippen LogP contribution in [0.1, 0.15) is 54.0 Å². The van der Waals surface area contributed by atoms with Crippen LogP contribution < -0.4 is 5.73 Å². The van der Waals surface area contributed by atoms with Crippen LogP contribution in [0.5, 0.6) is 0 Å². The number of nitrogens with two attached hydrogens (primary N) is 1. The van der Waals surface area contributed by atoms with Crippen molar-refractivity contribution < 1.29 is 4.79 Å². The second-order valence-corrected chi connectivity index (χ2v) is 9.19. The molecule has 6 heteroatoms. The maximum atomic E-state index is 12.7. The Balaban J connectivity index is 0.00000169. The molecule has 0 atom stereocenters. The van der Waals surface area contributed by atoms with Crippen LogP contribution in [-0.2, 0) is 6.42 Å². The molecule has 0 unspecified atom stereocenters. The molecule has 4 nitrogen and oxygen atoms in total. The number of rotatable bonds is 5. The lowest BCUT2D eigenvalue weighted by Crippen LogP contribution is -2.51. The van der Waals surface area contributed by atoms with Gasteiger partial charge in [-0.25, -0.2) is 4.98 Å². The number of carbonyl (C=O) groups excluding carboxylic acids is 1. The van der Waals surface area contributed by atoms with Gasteiger partial charge in [0.2, 0.25) is 0 Å². The molecule has 4 aliphatic rings. The van der Waals surface area contributed by atoms with E-state index in [1.165, 1.54) is 38.5 Å². The monoisotopic (exact) mass is 369 g/mol. The van der Waals surface area contributed by atoms with Crippen molar-refractivity contribution in [3.05, 3.63) is 16.1 Å². The van der Waals surface area contributed by atoms with Crippen LogP contribution >= 0.6 is 23.7 Å². The molecule has 24 heavy (non-hydrogen) atoms. The van der Waals surface area contributed by atoms with Crippen LogP contribution in [0.3, 0.4) is 0 Å². The lowest BCUT2D eigenvalue weighted by molar-refractivity contribution is -0.0629. The summed E-state index contributed by atoms with van der Waals surface area (Å²) in [5.74, 6) is 2.88. The van der Waals surface area contributed by atoms with Crippen molar-refractivity contribution >= 4 is 29.7 Å². The molecule has 1 heterocycles. The molecule has 1 amide bonds. The van der Waals surface area contributed by atoms with Crippen LogP contribution in [-0.4, -0.2) is 35.9 Å². The van der Waals surface area contributed by atoms with Crippen LogP contribution in [0, 0.1) is 23.2 Å². The van der Waals surface area contributed by atoms with Gasteiger partial charge in [0.25, 0.3) is 5.91 Å². The molecule has 4 fully saturated rings. The van der Waals surface area contributed by atoms with E-state index in [-0.39, 0.29) is 18.3 Å².